The summed E-state index contributed by atoms with van der Waals surface area (Å²) in [4.78, 5) is 11.8. The lowest BCUT2D eigenvalue weighted by Gasteiger charge is -2.23. The molecule has 1 aromatic carbocycles. The van der Waals surface area contributed by atoms with Crippen molar-refractivity contribution in [2.75, 3.05) is 18.1 Å². The molecule has 0 saturated heterocycles. The molecule has 2 N–H and O–H groups in total. The highest BCUT2D eigenvalue weighted by Gasteiger charge is 2.19. The number of hydrogen-bond donors (Lipinski definition) is 2. The van der Waals surface area contributed by atoms with Gasteiger partial charge in [0, 0.05) is 16.6 Å². The first-order chi connectivity index (χ1) is 9.43. The van der Waals surface area contributed by atoms with E-state index >= 15 is 0 Å². The maximum atomic E-state index is 12.9. The Hall–Kier alpha value is -1.27. The fourth-order valence-corrected chi connectivity index (χ4v) is 2.56. The van der Waals surface area contributed by atoms with Crippen LogP contribution in [0, 0.1) is 11.7 Å². The van der Waals surface area contributed by atoms with E-state index in [2.05, 4.69) is 5.32 Å². The maximum absolute atomic E-state index is 12.9. The maximum Gasteiger partial charge on any atom is 0.233 e. The first-order valence-corrected chi connectivity index (χ1v) is 7.93. The Morgan fingerprint density at radius 3 is 2.45 bits per heavy atom. The summed E-state index contributed by atoms with van der Waals surface area (Å²) in [6.45, 7) is 3.68. The van der Waals surface area contributed by atoms with E-state index in [4.69, 9.17) is 5.11 Å². The Balaban J connectivity index is 2.70. The van der Waals surface area contributed by atoms with E-state index in [-0.39, 0.29) is 41.8 Å². The number of carbonyl (C=O) groups excluding carboxylic acids is 1. The van der Waals surface area contributed by atoms with Crippen LogP contribution >= 0.6 is 0 Å². The summed E-state index contributed by atoms with van der Waals surface area (Å²) in [6, 6.07) is 5.70. The number of nitrogens with one attached hydrogen (secondary N) is 1. The highest BCUT2D eigenvalue weighted by Crippen LogP contribution is 2.21. The number of carbonyl (C=O) groups is 1. The molecule has 0 bridgehead atoms. The van der Waals surface area contributed by atoms with Crippen LogP contribution in [0.3, 0.4) is 0 Å². The van der Waals surface area contributed by atoms with Crippen molar-refractivity contribution in [1.29, 1.82) is 0 Å². The van der Waals surface area contributed by atoms with Gasteiger partial charge in [-0.15, -0.1) is 0 Å². The van der Waals surface area contributed by atoms with Crippen LogP contribution in [0.2, 0.25) is 0 Å². The van der Waals surface area contributed by atoms with Gasteiger partial charge in [-0.05, 0) is 23.6 Å². The molecule has 112 valence electrons. The number of aliphatic hydroxyl groups excluding tert-OH is 1. The second-order valence-electron chi connectivity index (χ2n) is 4.85. The van der Waals surface area contributed by atoms with Crippen molar-refractivity contribution < 1.29 is 18.5 Å². The summed E-state index contributed by atoms with van der Waals surface area (Å²) in [6.07, 6.45) is 0. The molecule has 6 heteroatoms. The van der Waals surface area contributed by atoms with Gasteiger partial charge in [-0.3, -0.25) is 9.00 Å². The molecule has 0 aliphatic carbocycles. The van der Waals surface area contributed by atoms with Gasteiger partial charge in [0.2, 0.25) is 5.91 Å². The number of hydrogen-bond acceptors (Lipinski definition) is 3. The first kappa shape index (κ1) is 16.8. The van der Waals surface area contributed by atoms with Crippen LogP contribution in [0.25, 0.3) is 0 Å². The molecule has 1 rings (SSSR count). The molecule has 20 heavy (non-hydrogen) atoms. The summed E-state index contributed by atoms with van der Waals surface area (Å²) < 4.78 is 24.3. The van der Waals surface area contributed by atoms with Crippen LogP contribution in [0.1, 0.15) is 25.5 Å². The van der Waals surface area contributed by atoms with Crippen molar-refractivity contribution in [3.05, 3.63) is 35.6 Å². The third-order valence-electron chi connectivity index (χ3n) is 2.82. The van der Waals surface area contributed by atoms with Gasteiger partial charge in [-0.1, -0.05) is 26.0 Å². The summed E-state index contributed by atoms with van der Waals surface area (Å²) in [5, 5.41) is 11.5. The molecule has 0 aliphatic heterocycles. The second kappa shape index (κ2) is 8.11. The lowest BCUT2D eigenvalue weighted by Crippen LogP contribution is -2.35. The van der Waals surface area contributed by atoms with E-state index in [1.165, 1.54) is 12.1 Å². The van der Waals surface area contributed by atoms with Crippen molar-refractivity contribution in [2.45, 2.75) is 19.9 Å². The van der Waals surface area contributed by atoms with Crippen LogP contribution in [0.15, 0.2) is 24.3 Å². The third-order valence-corrected chi connectivity index (χ3v) is 4.05. The predicted molar refractivity (Wildman–Crippen MR) is 77.1 cm³/mol. The van der Waals surface area contributed by atoms with E-state index in [1.807, 2.05) is 13.8 Å². The molecule has 0 unspecified atom stereocenters. The summed E-state index contributed by atoms with van der Waals surface area (Å²) in [5.41, 5.74) is 0.808. The molecule has 0 aromatic heterocycles. The SMILES string of the molecule is CC(C)[C@H](NC(=O)C[S@@](=O)CCO)c1ccc(F)cc1. The summed E-state index contributed by atoms with van der Waals surface area (Å²) >= 11 is 0. The first-order valence-electron chi connectivity index (χ1n) is 6.44. The highest BCUT2D eigenvalue weighted by atomic mass is 32.2. The molecule has 2 atom stereocenters. The number of halogens is 1. The molecule has 0 radical (unpaired) electrons. The zero-order chi connectivity index (χ0) is 15.1. The van der Waals surface area contributed by atoms with Crippen molar-refractivity contribution in [3.63, 3.8) is 0 Å². The standard InChI is InChI=1S/C14H20FNO3S/c1-10(2)14(11-3-5-12(15)6-4-11)16-13(18)9-20(19)8-7-17/h3-6,10,14,17H,7-9H2,1-2H3,(H,16,18)/t14-,20-/m0/s1. The normalized spacial score (nSPS) is 14.1. The van der Waals surface area contributed by atoms with Crippen LogP contribution in [0.4, 0.5) is 4.39 Å². The molecule has 0 saturated carbocycles. The number of benzene rings is 1. The summed E-state index contributed by atoms with van der Waals surface area (Å²) in [7, 11) is -1.36. The van der Waals surface area contributed by atoms with E-state index in [9.17, 15) is 13.4 Å². The van der Waals surface area contributed by atoms with Gasteiger partial charge in [-0.25, -0.2) is 4.39 Å². The number of aliphatic hydroxyl groups is 1. The Morgan fingerprint density at radius 1 is 1.35 bits per heavy atom. The van der Waals surface area contributed by atoms with E-state index in [1.54, 1.807) is 12.1 Å². The molecular weight excluding hydrogens is 281 g/mol. The molecule has 4 nitrogen and oxygen atoms in total. The van der Waals surface area contributed by atoms with Crippen molar-refractivity contribution in [1.82, 2.24) is 5.32 Å². The number of amides is 1. The van der Waals surface area contributed by atoms with Gasteiger partial charge in [0.25, 0.3) is 0 Å². The Labute approximate surface area is 120 Å². The third kappa shape index (κ3) is 5.38. The topological polar surface area (TPSA) is 66.4 Å². The predicted octanol–water partition coefficient (Wildman–Crippen LogP) is 1.38. The van der Waals surface area contributed by atoms with Gasteiger partial charge in [-0.2, -0.15) is 0 Å². The Kier molecular flexibility index (Phi) is 6.81. The van der Waals surface area contributed by atoms with Crippen molar-refractivity contribution >= 4 is 16.7 Å². The van der Waals surface area contributed by atoms with Crippen LogP contribution < -0.4 is 5.32 Å². The van der Waals surface area contributed by atoms with Gasteiger partial charge in [0.1, 0.15) is 11.6 Å². The largest absolute Gasteiger partial charge is 0.395 e. The molecule has 0 heterocycles. The van der Waals surface area contributed by atoms with Crippen LogP contribution in [-0.2, 0) is 15.6 Å². The van der Waals surface area contributed by atoms with Crippen molar-refractivity contribution in [2.24, 2.45) is 5.92 Å². The second-order valence-corrected chi connectivity index (χ2v) is 6.43. The van der Waals surface area contributed by atoms with E-state index < -0.39 is 10.8 Å². The fourth-order valence-electron chi connectivity index (χ4n) is 1.84. The summed E-state index contributed by atoms with van der Waals surface area (Å²) in [5.74, 6) is -0.580. The lowest BCUT2D eigenvalue weighted by molar-refractivity contribution is -0.119. The minimum absolute atomic E-state index is 0.0936. The van der Waals surface area contributed by atoms with E-state index in [0.29, 0.717) is 0 Å². The lowest BCUT2D eigenvalue weighted by atomic mass is 9.96. The molecule has 0 fully saturated rings. The molecular formula is C14H20FNO3S. The average molecular weight is 301 g/mol. The monoisotopic (exact) mass is 301 g/mol. The molecule has 0 spiro atoms. The zero-order valence-electron chi connectivity index (χ0n) is 11.6. The Morgan fingerprint density at radius 2 is 1.95 bits per heavy atom. The van der Waals surface area contributed by atoms with Gasteiger partial charge >= 0.3 is 0 Å². The van der Waals surface area contributed by atoms with E-state index in [0.717, 1.165) is 5.56 Å². The average Bonchev–Trinajstić information content (AvgIpc) is 2.37. The molecule has 1 aromatic rings. The quantitative estimate of drug-likeness (QED) is 0.799. The number of rotatable bonds is 7. The fraction of sp³-hybridized carbons (Fsp3) is 0.500. The molecule has 0 aliphatic rings. The zero-order valence-corrected chi connectivity index (χ0v) is 12.5. The van der Waals surface area contributed by atoms with Gasteiger partial charge < -0.3 is 10.4 Å². The van der Waals surface area contributed by atoms with Gasteiger partial charge in [0.15, 0.2) is 0 Å². The molecule has 1 amide bonds. The Bertz CT molecular complexity index is 462. The van der Waals surface area contributed by atoms with Crippen molar-refractivity contribution in [3.8, 4) is 0 Å². The highest BCUT2D eigenvalue weighted by molar-refractivity contribution is 7.85. The minimum Gasteiger partial charge on any atom is -0.395 e. The van der Waals surface area contributed by atoms with Crippen LogP contribution in [0.5, 0.6) is 0 Å². The van der Waals surface area contributed by atoms with Crippen LogP contribution in [-0.4, -0.2) is 33.3 Å². The minimum atomic E-state index is -1.36. The smallest absolute Gasteiger partial charge is 0.233 e. The van der Waals surface area contributed by atoms with Gasteiger partial charge in [0.05, 0.1) is 12.6 Å².